The van der Waals surface area contributed by atoms with Crippen LogP contribution < -0.4 is 10.5 Å². The summed E-state index contributed by atoms with van der Waals surface area (Å²) in [5, 5.41) is -0.230. The maximum absolute atomic E-state index is 13.0. The van der Waals surface area contributed by atoms with E-state index < -0.39 is 15.8 Å². The van der Waals surface area contributed by atoms with Gasteiger partial charge in [0.15, 0.2) is 0 Å². The number of rotatable bonds is 5. The molecular formula is C11H16ClFN2O2S. The molecule has 0 spiro atoms. The second-order valence-electron chi connectivity index (χ2n) is 4.28. The van der Waals surface area contributed by atoms with Crippen molar-refractivity contribution in [1.82, 2.24) is 4.72 Å². The molecule has 3 N–H and O–H groups in total. The Balaban J connectivity index is 3.02. The Morgan fingerprint density at radius 3 is 2.50 bits per heavy atom. The average molecular weight is 295 g/mol. The van der Waals surface area contributed by atoms with Gasteiger partial charge in [0.05, 0.1) is 9.92 Å². The molecule has 7 heteroatoms. The summed E-state index contributed by atoms with van der Waals surface area (Å²) < 4.78 is 39.5. The third kappa shape index (κ3) is 3.65. The highest BCUT2D eigenvalue weighted by molar-refractivity contribution is 7.89. The van der Waals surface area contributed by atoms with Crippen LogP contribution in [-0.2, 0) is 10.0 Å². The van der Waals surface area contributed by atoms with Crippen molar-refractivity contribution in [3.8, 4) is 0 Å². The zero-order valence-corrected chi connectivity index (χ0v) is 11.7. The molecule has 102 valence electrons. The Hall–Kier alpha value is -0.690. The van der Waals surface area contributed by atoms with E-state index in [4.69, 9.17) is 17.3 Å². The number of hydrogen-bond donors (Lipinski definition) is 2. The van der Waals surface area contributed by atoms with Crippen molar-refractivity contribution in [2.45, 2.75) is 24.8 Å². The third-order valence-corrected chi connectivity index (χ3v) is 4.34. The van der Waals surface area contributed by atoms with Crippen LogP contribution in [0.25, 0.3) is 0 Å². The lowest BCUT2D eigenvalue weighted by Crippen LogP contribution is -2.43. The fourth-order valence-corrected chi connectivity index (χ4v) is 3.04. The van der Waals surface area contributed by atoms with Crippen LogP contribution in [0.1, 0.15) is 13.8 Å². The molecule has 0 saturated carbocycles. The van der Waals surface area contributed by atoms with Crippen molar-refractivity contribution < 1.29 is 12.8 Å². The molecule has 0 aliphatic carbocycles. The van der Waals surface area contributed by atoms with Crippen molar-refractivity contribution >= 4 is 21.6 Å². The van der Waals surface area contributed by atoms with Gasteiger partial charge in [-0.05, 0) is 24.1 Å². The highest BCUT2D eigenvalue weighted by atomic mass is 35.5. The second kappa shape index (κ2) is 5.97. The van der Waals surface area contributed by atoms with Gasteiger partial charge in [-0.1, -0.05) is 25.4 Å². The number of nitrogens with one attached hydrogen (secondary N) is 1. The van der Waals surface area contributed by atoms with Crippen molar-refractivity contribution in [3.05, 3.63) is 29.0 Å². The van der Waals surface area contributed by atoms with Crippen molar-refractivity contribution in [2.24, 2.45) is 11.7 Å². The van der Waals surface area contributed by atoms with Crippen LogP contribution in [0.3, 0.4) is 0 Å². The molecule has 0 bridgehead atoms. The van der Waals surface area contributed by atoms with E-state index in [-0.39, 0.29) is 28.4 Å². The zero-order valence-electron chi connectivity index (χ0n) is 10.2. The van der Waals surface area contributed by atoms with Gasteiger partial charge in [-0.3, -0.25) is 0 Å². The van der Waals surface area contributed by atoms with Gasteiger partial charge in [0.25, 0.3) is 0 Å². The maximum atomic E-state index is 13.0. The molecule has 0 aromatic heterocycles. The topological polar surface area (TPSA) is 72.2 Å². The minimum Gasteiger partial charge on any atom is -0.329 e. The first-order chi connectivity index (χ1) is 8.27. The summed E-state index contributed by atoms with van der Waals surface area (Å²) in [7, 11) is -3.74. The summed E-state index contributed by atoms with van der Waals surface area (Å²) in [4.78, 5) is -0.0759. The number of nitrogens with two attached hydrogens (primary N) is 1. The molecule has 1 atom stereocenters. The van der Waals surface area contributed by atoms with E-state index in [9.17, 15) is 12.8 Å². The molecule has 0 fully saturated rings. The van der Waals surface area contributed by atoms with Gasteiger partial charge >= 0.3 is 0 Å². The van der Waals surface area contributed by atoms with Crippen LogP contribution in [0.2, 0.25) is 5.02 Å². The molecule has 0 aliphatic rings. The Morgan fingerprint density at radius 2 is 2.06 bits per heavy atom. The molecule has 0 aliphatic heterocycles. The molecular weight excluding hydrogens is 279 g/mol. The lowest BCUT2D eigenvalue weighted by molar-refractivity contribution is 0.454. The summed E-state index contributed by atoms with van der Waals surface area (Å²) in [6.07, 6.45) is 0. The molecule has 0 saturated heterocycles. The maximum Gasteiger partial charge on any atom is 0.240 e. The quantitative estimate of drug-likeness (QED) is 0.869. The van der Waals surface area contributed by atoms with E-state index >= 15 is 0 Å². The van der Waals surface area contributed by atoms with Crippen LogP contribution in [0.15, 0.2) is 23.1 Å². The molecule has 1 aromatic rings. The van der Waals surface area contributed by atoms with E-state index in [1.165, 1.54) is 0 Å². The first kappa shape index (κ1) is 15.4. The molecule has 1 rings (SSSR count). The lowest BCUT2D eigenvalue weighted by Gasteiger charge is -2.20. The van der Waals surface area contributed by atoms with Gasteiger partial charge in [-0.15, -0.1) is 0 Å². The SMILES string of the molecule is CC(C)C(CN)NS(=O)(=O)c1ccc(F)c(Cl)c1. The van der Waals surface area contributed by atoms with Gasteiger partial charge in [-0.2, -0.15) is 0 Å². The monoisotopic (exact) mass is 294 g/mol. The summed E-state index contributed by atoms with van der Waals surface area (Å²) in [6, 6.07) is 2.88. The highest BCUT2D eigenvalue weighted by Gasteiger charge is 2.22. The van der Waals surface area contributed by atoms with Gasteiger partial charge in [-0.25, -0.2) is 17.5 Å². The number of sulfonamides is 1. The Labute approximate surface area is 111 Å². The summed E-state index contributed by atoms with van der Waals surface area (Å²) >= 11 is 5.56. The Bertz CT molecular complexity index is 520. The largest absolute Gasteiger partial charge is 0.329 e. The molecule has 1 unspecified atom stereocenters. The summed E-state index contributed by atoms with van der Waals surface area (Å²) in [5.74, 6) is -0.601. The van der Waals surface area contributed by atoms with Crippen LogP contribution in [-0.4, -0.2) is 21.0 Å². The smallest absolute Gasteiger partial charge is 0.240 e. The van der Waals surface area contributed by atoms with Crippen molar-refractivity contribution in [1.29, 1.82) is 0 Å². The van der Waals surface area contributed by atoms with Crippen molar-refractivity contribution in [2.75, 3.05) is 6.54 Å². The first-order valence-electron chi connectivity index (χ1n) is 5.45. The molecule has 0 amide bonds. The van der Waals surface area contributed by atoms with E-state index in [0.29, 0.717) is 0 Å². The lowest BCUT2D eigenvalue weighted by atomic mass is 10.1. The third-order valence-electron chi connectivity index (χ3n) is 2.57. The van der Waals surface area contributed by atoms with Crippen LogP contribution in [0.4, 0.5) is 4.39 Å². The van der Waals surface area contributed by atoms with Gasteiger partial charge in [0.2, 0.25) is 10.0 Å². The normalized spacial score (nSPS) is 13.9. The Kier molecular flexibility index (Phi) is 5.10. The van der Waals surface area contributed by atoms with Crippen molar-refractivity contribution in [3.63, 3.8) is 0 Å². The standard InChI is InChI=1S/C11H16ClFN2O2S/c1-7(2)11(6-14)15-18(16,17)8-3-4-10(13)9(12)5-8/h3-5,7,11,15H,6,14H2,1-2H3. The van der Waals surface area contributed by atoms with Gasteiger partial charge in [0, 0.05) is 12.6 Å². The predicted molar refractivity (Wildman–Crippen MR) is 69.4 cm³/mol. The van der Waals surface area contributed by atoms with E-state index in [2.05, 4.69) is 4.72 Å². The molecule has 0 radical (unpaired) electrons. The molecule has 18 heavy (non-hydrogen) atoms. The van der Waals surface area contributed by atoms with Crippen LogP contribution in [0.5, 0.6) is 0 Å². The number of hydrogen-bond acceptors (Lipinski definition) is 3. The Morgan fingerprint density at radius 1 is 1.44 bits per heavy atom. The molecule has 4 nitrogen and oxygen atoms in total. The fourth-order valence-electron chi connectivity index (χ4n) is 1.37. The number of benzene rings is 1. The number of halogens is 2. The molecule has 0 heterocycles. The van der Waals surface area contributed by atoms with E-state index in [1.54, 1.807) is 0 Å². The molecule has 1 aromatic carbocycles. The average Bonchev–Trinajstić information content (AvgIpc) is 2.29. The predicted octanol–water partition coefficient (Wildman–Crippen LogP) is 1.74. The van der Waals surface area contributed by atoms with Crippen LogP contribution in [0, 0.1) is 11.7 Å². The van der Waals surface area contributed by atoms with Crippen LogP contribution >= 0.6 is 11.6 Å². The fraction of sp³-hybridized carbons (Fsp3) is 0.455. The first-order valence-corrected chi connectivity index (χ1v) is 7.31. The minimum atomic E-state index is -3.74. The van der Waals surface area contributed by atoms with Gasteiger partial charge in [0.1, 0.15) is 5.82 Å². The minimum absolute atomic E-state index is 0.0562. The zero-order chi connectivity index (χ0) is 13.9. The summed E-state index contributed by atoms with van der Waals surface area (Å²) in [5.41, 5.74) is 5.50. The summed E-state index contributed by atoms with van der Waals surface area (Å²) in [6.45, 7) is 3.90. The van der Waals surface area contributed by atoms with E-state index in [0.717, 1.165) is 18.2 Å². The highest BCUT2D eigenvalue weighted by Crippen LogP contribution is 2.19. The van der Waals surface area contributed by atoms with Gasteiger partial charge < -0.3 is 5.73 Å². The van der Waals surface area contributed by atoms with E-state index in [1.807, 2.05) is 13.8 Å². The second-order valence-corrected chi connectivity index (χ2v) is 6.40.